The van der Waals surface area contributed by atoms with Crippen molar-refractivity contribution in [2.45, 2.75) is 32.1 Å². The average Bonchev–Trinajstić information content (AvgIpc) is 2.72. The Labute approximate surface area is 154 Å². The van der Waals surface area contributed by atoms with Crippen LogP contribution in [0.4, 0.5) is 13.2 Å². The molecule has 0 radical (unpaired) electrons. The van der Waals surface area contributed by atoms with Gasteiger partial charge in [-0.15, -0.1) is 0 Å². The highest BCUT2D eigenvalue weighted by molar-refractivity contribution is 5.84. The lowest BCUT2D eigenvalue weighted by Gasteiger charge is -2.24. The third kappa shape index (κ3) is 4.48. The number of fused-ring (bicyclic) bond motifs is 1. The summed E-state index contributed by atoms with van der Waals surface area (Å²) in [5, 5.41) is 9.13. The van der Waals surface area contributed by atoms with Gasteiger partial charge in [0.2, 0.25) is 5.91 Å². The molecule has 0 fully saturated rings. The van der Waals surface area contributed by atoms with E-state index in [1.54, 1.807) is 0 Å². The Morgan fingerprint density at radius 1 is 1.07 bits per heavy atom. The van der Waals surface area contributed by atoms with Crippen molar-refractivity contribution in [2.24, 2.45) is 5.92 Å². The Hall–Kier alpha value is -2.83. The fourth-order valence-corrected chi connectivity index (χ4v) is 3.33. The Morgan fingerprint density at radius 3 is 2.30 bits per heavy atom. The number of benzene rings is 2. The van der Waals surface area contributed by atoms with Crippen LogP contribution >= 0.6 is 0 Å². The number of carboxylic acid groups (broad SMARTS) is 1. The number of carboxylic acids is 1. The van der Waals surface area contributed by atoms with Gasteiger partial charge in [0.1, 0.15) is 0 Å². The SMILES string of the molecule is O=C(O)CC1Cc2ccccc2CN(Cc2ccc(C(F)(F)F)cc2)C1=O. The van der Waals surface area contributed by atoms with Crippen molar-refractivity contribution in [1.29, 1.82) is 0 Å². The van der Waals surface area contributed by atoms with Gasteiger partial charge in [-0.2, -0.15) is 13.2 Å². The third-order valence-corrected chi connectivity index (χ3v) is 4.68. The first-order valence-corrected chi connectivity index (χ1v) is 8.47. The van der Waals surface area contributed by atoms with Gasteiger partial charge in [-0.3, -0.25) is 9.59 Å². The standard InChI is InChI=1S/C20H18F3NO3/c21-20(22,23)17-7-5-13(6-8-17)11-24-12-15-4-2-1-3-14(15)9-16(19(24)27)10-18(25)26/h1-8,16H,9-12H2,(H,25,26). The molecule has 1 unspecified atom stereocenters. The molecule has 1 aliphatic heterocycles. The number of carbonyl (C=O) groups excluding carboxylic acids is 1. The van der Waals surface area contributed by atoms with E-state index in [4.69, 9.17) is 5.11 Å². The molecule has 0 bridgehead atoms. The molecule has 4 nitrogen and oxygen atoms in total. The maximum absolute atomic E-state index is 12.9. The molecule has 2 aromatic rings. The number of halogens is 3. The largest absolute Gasteiger partial charge is 0.481 e. The highest BCUT2D eigenvalue weighted by Gasteiger charge is 2.32. The van der Waals surface area contributed by atoms with Crippen LogP contribution in [0.25, 0.3) is 0 Å². The Bertz CT molecular complexity index is 846. The fraction of sp³-hybridized carbons (Fsp3) is 0.300. The molecule has 1 amide bonds. The second-order valence-electron chi connectivity index (χ2n) is 6.66. The van der Waals surface area contributed by atoms with E-state index in [1.165, 1.54) is 17.0 Å². The zero-order valence-corrected chi connectivity index (χ0v) is 14.4. The van der Waals surface area contributed by atoms with Gasteiger partial charge in [-0.05, 0) is 35.2 Å². The van der Waals surface area contributed by atoms with Crippen molar-refractivity contribution in [3.63, 3.8) is 0 Å². The van der Waals surface area contributed by atoms with Crippen molar-refractivity contribution in [1.82, 2.24) is 4.90 Å². The van der Waals surface area contributed by atoms with E-state index in [-0.39, 0.29) is 18.9 Å². The Kier molecular flexibility index (Phi) is 5.21. The lowest BCUT2D eigenvalue weighted by molar-refractivity contribution is -0.144. The fourth-order valence-electron chi connectivity index (χ4n) is 3.33. The van der Waals surface area contributed by atoms with Gasteiger partial charge in [0.05, 0.1) is 17.9 Å². The predicted octanol–water partition coefficient (Wildman–Crippen LogP) is 3.88. The minimum absolute atomic E-state index is 0.126. The van der Waals surface area contributed by atoms with E-state index >= 15 is 0 Å². The molecule has 1 N–H and O–H groups in total. The van der Waals surface area contributed by atoms with E-state index in [1.807, 2.05) is 24.3 Å². The van der Waals surface area contributed by atoms with Crippen LogP contribution in [-0.4, -0.2) is 21.9 Å². The number of amides is 1. The molecule has 0 saturated carbocycles. The van der Waals surface area contributed by atoms with E-state index in [2.05, 4.69) is 0 Å². The van der Waals surface area contributed by atoms with Crippen LogP contribution in [0.15, 0.2) is 48.5 Å². The van der Waals surface area contributed by atoms with E-state index in [9.17, 15) is 22.8 Å². The van der Waals surface area contributed by atoms with Gasteiger partial charge in [0, 0.05) is 13.1 Å². The lowest BCUT2D eigenvalue weighted by Crippen LogP contribution is -2.35. The molecule has 7 heteroatoms. The van der Waals surface area contributed by atoms with Crippen LogP contribution in [0, 0.1) is 5.92 Å². The number of carbonyl (C=O) groups is 2. The topological polar surface area (TPSA) is 57.6 Å². The predicted molar refractivity (Wildman–Crippen MR) is 91.6 cm³/mol. The quantitative estimate of drug-likeness (QED) is 0.880. The number of aliphatic carboxylic acids is 1. The second-order valence-corrected chi connectivity index (χ2v) is 6.66. The summed E-state index contributed by atoms with van der Waals surface area (Å²) in [6.07, 6.45) is -4.36. The number of nitrogens with zero attached hydrogens (tertiary/aromatic N) is 1. The first kappa shape index (κ1) is 18.9. The second kappa shape index (κ2) is 7.42. The normalized spacial score (nSPS) is 17.4. The van der Waals surface area contributed by atoms with Crippen LogP contribution in [0.3, 0.4) is 0 Å². The van der Waals surface area contributed by atoms with E-state index < -0.39 is 23.6 Å². The molecular weight excluding hydrogens is 359 g/mol. The molecule has 0 saturated heterocycles. The summed E-state index contributed by atoms with van der Waals surface area (Å²) in [7, 11) is 0. The van der Waals surface area contributed by atoms with Crippen molar-refractivity contribution < 1.29 is 27.9 Å². The number of hydrogen-bond acceptors (Lipinski definition) is 2. The zero-order chi connectivity index (χ0) is 19.6. The summed E-state index contributed by atoms with van der Waals surface area (Å²) in [6.45, 7) is 0.424. The third-order valence-electron chi connectivity index (χ3n) is 4.68. The molecule has 0 spiro atoms. The molecular formula is C20H18F3NO3. The summed E-state index contributed by atoms with van der Waals surface area (Å²) in [5.41, 5.74) is 1.66. The zero-order valence-electron chi connectivity index (χ0n) is 14.4. The van der Waals surface area contributed by atoms with Crippen LogP contribution in [0.1, 0.15) is 28.7 Å². The van der Waals surface area contributed by atoms with Crippen LogP contribution in [0.5, 0.6) is 0 Å². The summed E-state index contributed by atoms with van der Waals surface area (Å²) < 4.78 is 38.1. The number of hydrogen-bond donors (Lipinski definition) is 1. The summed E-state index contributed by atoms with van der Waals surface area (Å²) in [4.78, 5) is 25.5. The van der Waals surface area contributed by atoms with Crippen molar-refractivity contribution in [3.05, 3.63) is 70.8 Å². The highest BCUT2D eigenvalue weighted by atomic mass is 19.4. The van der Waals surface area contributed by atoms with Gasteiger partial charge in [0.25, 0.3) is 0 Å². The average molecular weight is 377 g/mol. The molecule has 27 heavy (non-hydrogen) atoms. The van der Waals surface area contributed by atoms with Crippen LogP contribution < -0.4 is 0 Å². The first-order chi connectivity index (χ1) is 12.7. The lowest BCUT2D eigenvalue weighted by atomic mass is 9.94. The summed E-state index contributed by atoms with van der Waals surface area (Å²) in [5.74, 6) is -2.05. The number of rotatable bonds is 4. The van der Waals surface area contributed by atoms with Gasteiger partial charge in [-0.1, -0.05) is 36.4 Å². The number of alkyl halides is 3. The van der Waals surface area contributed by atoms with Crippen molar-refractivity contribution in [3.8, 4) is 0 Å². The summed E-state index contributed by atoms with van der Waals surface area (Å²) >= 11 is 0. The molecule has 1 atom stereocenters. The molecule has 0 aromatic heterocycles. The maximum atomic E-state index is 12.9. The van der Waals surface area contributed by atoms with Gasteiger partial charge in [0.15, 0.2) is 0 Å². The molecule has 1 aliphatic rings. The summed E-state index contributed by atoms with van der Waals surface area (Å²) in [6, 6.07) is 12.1. The molecule has 3 rings (SSSR count). The highest BCUT2D eigenvalue weighted by Crippen LogP contribution is 2.30. The first-order valence-electron chi connectivity index (χ1n) is 8.47. The van der Waals surface area contributed by atoms with Gasteiger partial charge >= 0.3 is 12.1 Å². The maximum Gasteiger partial charge on any atom is 0.416 e. The van der Waals surface area contributed by atoms with Crippen molar-refractivity contribution in [2.75, 3.05) is 0 Å². The molecule has 0 aliphatic carbocycles. The minimum atomic E-state index is -4.41. The van der Waals surface area contributed by atoms with Gasteiger partial charge < -0.3 is 10.0 Å². The Balaban J connectivity index is 1.86. The smallest absolute Gasteiger partial charge is 0.416 e. The minimum Gasteiger partial charge on any atom is -0.481 e. The molecule has 142 valence electrons. The van der Waals surface area contributed by atoms with E-state index in [0.29, 0.717) is 18.5 Å². The van der Waals surface area contributed by atoms with E-state index in [0.717, 1.165) is 23.3 Å². The van der Waals surface area contributed by atoms with Crippen molar-refractivity contribution >= 4 is 11.9 Å². The van der Waals surface area contributed by atoms with Crippen LogP contribution in [0.2, 0.25) is 0 Å². The van der Waals surface area contributed by atoms with Gasteiger partial charge in [-0.25, -0.2) is 0 Å². The molecule has 1 heterocycles. The monoisotopic (exact) mass is 377 g/mol. The van der Waals surface area contributed by atoms with Crippen LogP contribution in [-0.2, 0) is 35.3 Å². The Morgan fingerprint density at radius 2 is 1.70 bits per heavy atom. The molecule has 2 aromatic carbocycles.